The highest BCUT2D eigenvalue weighted by Gasteiger charge is 2.10. The van der Waals surface area contributed by atoms with Gasteiger partial charge in [-0.05, 0) is 13.0 Å². The molecule has 1 aliphatic rings. The highest BCUT2D eigenvalue weighted by Crippen LogP contribution is 2.06. The van der Waals surface area contributed by atoms with Gasteiger partial charge < -0.3 is 10.6 Å². The summed E-state index contributed by atoms with van der Waals surface area (Å²) in [5, 5.41) is 6.92. The van der Waals surface area contributed by atoms with Crippen LogP contribution in [-0.2, 0) is 0 Å². The zero-order valence-electron chi connectivity index (χ0n) is 7.23. The molecule has 0 aromatic carbocycles. The Morgan fingerprint density at radius 1 is 1.64 bits per heavy atom. The van der Waals surface area contributed by atoms with Gasteiger partial charge in [0.25, 0.3) is 0 Å². The summed E-state index contributed by atoms with van der Waals surface area (Å²) >= 11 is 2.06. The summed E-state index contributed by atoms with van der Waals surface area (Å²) in [5.74, 6) is 2.56. The van der Waals surface area contributed by atoms with E-state index in [4.69, 9.17) is 0 Å². The SMILES string of the molecule is CCCNCC1CSCCN1. The van der Waals surface area contributed by atoms with Crippen LogP contribution in [-0.4, -0.2) is 37.2 Å². The van der Waals surface area contributed by atoms with Gasteiger partial charge in [0.05, 0.1) is 0 Å². The zero-order valence-corrected chi connectivity index (χ0v) is 8.04. The van der Waals surface area contributed by atoms with Gasteiger partial charge >= 0.3 is 0 Å². The molecule has 1 saturated heterocycles. The number of thioether (sulfide) groups is 1. The average Bonchev–Trinajstić information content (AvgIpc) is 2.07. The molecule has 1 heterocycles. The lowest BCUT2D eigenvalue weighted by molar-refractivity contribution is 0.513. The minimum absolute atomic E-state index is 0.709. The van der Waals surface area contributed by atoms with Crippen molar-refractivity contribution in [3.8, 4) is 0 Å². The van der Waals surface area contributed by atoms with Crippen molar-refractivity contribution in [2.24, 2.45) is 0 Å². The molecule has 0 radical (unpaired) electrons. The highest BCUT2D eigenvalue weighted by atomic mass is 32.2. The van der Waals surface area contributed by atoms with Crippen LogP contribution < -0.4 is 10.6 Å². The lowest BCUT2D eigenvalue weighted by Crippen LogP contribution is -2.44. The molecule has 0 aliphatic carbocycles. The summed E-state index contributed by atoms with van der Waals surface area (Å²) in [4.78, 5) is 0. The monoisotopic (exact) mass is 174 g/mol. The van der Waals surface area contributed by atoms with Crippen molar-refractivity contribution in [3.63, 3.8) is 0 Å². The smallest absolute Gasteiger partial charge is 0.0283 e. The molecule has 0 spiro atoms. The molecule has 1 rings (SSSR count). The van der Waals surface area contributed by atoms with Crippen molar-refractivity contribution in [3.05, 3.63) is 0 Å². The van der Waals surface area contributed by atoms with Crippen LogP contribution in [0.4, 0.5) is 0 Å². The van der Waals surface area contributed by atoms with Crippen molar-refractivity contribution < 1.29 is 0 Å². The summed E-state index contributed by atoms with van der Waals surface area (Å²) < 4.78 is 0. The lowest BCUT2D eigenvalue weighted by Gasteiger charge is -2.23. The Morgan fingerprint density at radius 2 is 2.55 bits per heavy atom. The first kappa shape index (κ1) is 9.36. The zero-order chi connectivity index (χ0) is 7.94. The van der Waals surface area contributed by atoms with Crippen LogP contribution in [0.2, 0.25) is 0 Å². The van der Waals surface area contributed by atoms with Gasteiger partial charge in [0.2, 0.25) is 0 Å². The second-order valence-corrected chi connectivity index (χ2v) is 4.08. The largest absolute Gasteiger partial charge is 0.315 e. The maximum absolute atomic E-state index is 3.49. The van der Waals surface area contributed by atoms with E-state index in [1.54, 1.807) is 0 Å². The summed E-state index contributed by atoms with van der Waals surface area (Å²) in [5.41, 5.74) is 0. The normalized spacial score (nSPS) is 25.4. The van der Waals surface area contributed by atoms with Crippen molar-refractivity contribution in [2.75, 3.05) is 31.1 Å². The van der Waals surface area contributed by atoms with Gasteiger partial charge in [0.15, 0.2) is 0 Å². The van der Waals surface area contributed by atoms with E-state index in [0.717, 1.165) is 13.1 Å². The molecular formula is C8H18N2S. The van der Waals surface area contributed by atoms with Crippen LogP contribution in [0.5, 0.6) is 0 Å². The fourth-order valence-electron chi connectivity index (χ4n) is 1.20. The Morgan fingerprint density at radius 3 is 3.18 bits per heavy atom. The van der Waals surface area contributed by atoms with Gasteiger partial charge in [-0.25, -0.2) is 0 Å². The summed E-state index contributed by atoms with van der Waals surface area (Å²) in [6.45, 7) is 5.68. The number of nitrogens with one attached hydrogen (secondary N) is 2. The van der Waals surface area contributed by atoms with Crippen molar-refractivity contribution in [1.82, 2.24) is 10.6 Å². The van der Waals surface area contributed by atoms with Gasteiger partial charge in [-0.15, -0.1) is 0 Å². The van der Waals surface area contributed by atoms with Gasteiger partial charge in [0, 0.05) is 30.6 Å². The highest BCUT2D eigenvalue weighted by molar-refractivity contribution is 7.99. The van der Waals surface area contributed by atoms with Crippen LogP contribution >= 0.6 is 11.8 Å². The first-order valence-electron chi connectivity index (χ1n) is 4.45. The predicted molar refractivity (Wildman–Crippen MR) is 52.3 cm³/mol. The fraction of sp³-hybridized carbons (Fsp3) is 1.00. The van der Waals surface area contributed by atoms with Crippen molar-refractivity contribution in [1.29, 1.82) is 0 Å². The van der Waals surface area contributed by atoms with Crippen LogP contribution in [0.15, 0.2) is 0 Å². The molecule has 0 saturated carbocycles. The van der Waals surface area contributed by atoms with E-state index in [1.807, 2.05) is 0 Å². The second kappa shape index (κ2) is 5.86. The molecule has 1 atom stereocenters. The Balaban J connectivity index is 1.96. The Hall–Kier alpha value is 0.270. The molecule has 3 heteroatoms. The molecule has 1 unspecified atom stereocenters. The fourth-order valence-corrected chi connectivity index (χ4v) is 2.15. The van der Waals surface area contributed by atoms with Gasteiger partial charge in [-0.2, -0.15) is 11.8 Å². The number of hydrogen-bond donors (Lipinski definition) is 2. The molecule has 0 aromatic rings. The van der Waals surface area contributed by atoms with E-state index in [9.17, 15) is 0 Å². The molecule has 1 fully saturated rings. The Labute approximate surface area is 73.5 Å². The molecule has 1 aliphatic heterocycles. The molecule has 0 amide bonds. The third-order valence-corrected chi connectivity index (χ3v) is 2.95. The topological polar surface area (TPSA) is 24.1 Å². The first-order chi connectivity index (χ1) is 5.43. The molecule has 66 valence electrons. The van der Waals surface area contributed by atoms with Gasteiger partial charge in [0.1, 0.15) is 0 Å². The predicted octanol–water partition coefficient (Wildman–Crippen LogP) is 0.691. The van der Waals surface area contributed by atoms with Gasteiger partial charge in [-0.3, -0.25) is 0 Å². The molecule has 0 aromatic heterocycles. The maximum Gasteiger partial charge on any atom is 0.0283 e. The third kappa shape index (κ3) is 3.99. The van der Waals surface area contributed by atoms with Crippen molar-refractivity contribution >= 4 is 11.8 Å². The van der Waals surface area contributed by atoms with E-state index in [2.05, 4.69) is 29.3 Å². The summed E-state index contributed by atoms with van der Waals surface area (Å²) in [6, 6.07) is 0.709. The quantitative estimate of drug-likeness (QED) is 0.613. The van der Waals surface area contributed by atoms with E-state index in [0.29, 0.717) is 6.04 Å². The molecular weight excluding hydrogens is 156 g/mol. The van der Waals surface area contributed by atoms with E-state index >= 15 is 0 Å². The van der Waals surface area contributed by atoms with Crippen LogP contribution in [0, 0.1) is 0 Å². The van der Waals surface area contributed by atoms with Crippen LogP contribution in [0.25, 0.3) is 0 Å². The van der Waals surface area contributed by atoms with E-state index in [1.165, 1.54) is 24.5 Å². The van der Waals surface area contributed by atoms with Crippen molar-refractivity contribution in [2.45, 2.75) is 19.4 Å². The lowest BCUT2D eigenvalue weighted by atomic mass is 10.3. The number of rotatable bonds is 4. The molecule has 11 heavy (non-hydrogen) atoms. The molecule has 2 N–H and O–H groups in total. The first-order valence-corrected chi connectivity index (χ1v) is 5.60. The molecule has 0 bridgehead atoms. The second-order valence-electron chi connectivity index (χ2n) is 2.93. The Kier molecular flexibility index (Phi) is 4.99. The average molecular weight is 174 g/mol. The third-order valence-electron chi connectivity index (χ3n) is 1.82. The van der Waals surface area contributed by atoms with Crippen LogP contribution in [0.1, 0.15) is 13.3 Å². The standard InChI is InChI=1S/C8H18N2S/c1-2-3-9-6-8-7-11-5-4-10-8/h8-10H,2-7H2,1H3. The van der Waals surface area contributed by atoms with E-state index in [-0.39, 0.29) is 0 Å². The molecule has 2 nitrogen and oxygen atoms in total. The number of hydrogen-bond acceptors (Lipinski definition) is 3. The summed E-state index contributed by atoms with van der Waals surface area (Å²) in [7, 11) is 0. The summed E-state index contributed by atoms with van der Waals surface area (Å²) in [6.07, 6.45) is 1.24. The minimum Gasteiger partial charge on any atom is -0.315 e. The Bertz CT molecular complexity index is 92.1. The minimum atomic E-state index is 0.709. The van der Waals surface area contributed by atoms with Gasteiger partial charge in [-0.1, -0.05) is 6.92 Å². The maximum atomic E-state index is 3.49. The van der Waals surface area contributed by atoms with Crippen LogP contribution in [0.3, 0.4) is 0 Å². The van der Waals surface area contributed by atoms with E-state index < -0.39 is 0 Å².